The maximum Gasteiger partial charge on any atom is 0.347 e. The number of ether oxygens (including phenoxy) is 1. The van der Waals surface area contributed by atoms with Crippen molar-refractivity contribution >= 4 is 22.5 Å². The fourth-order valence-electron chi connectivity index (χ4n) is 3.49. The molecule has 0 atom stereocenters. The van der Waals surface area contributed by atoms with E-state index in [1.54, 1.807) is 13.0 Å². The first kappa shape index (κ1) is 18.9. The quantitative estimate of drug-likeness (QED) is 0.445. The number of nitrogens with one attached hydrogen (secondary N) is 1. The van der Waals surface area contributed by atoms with E-state index in [0.29, 0.717) is 34.8 Å². The third kappa shape index (κ3) is 3.63. The molecule has 0 fully saturated rings. The molecule has 5 nitrogen and oxygen atoms in total. The van der Waals surface area contributed by atoms with Crippen molar-refractivity contribution in [3.05, 3.63) is 75.8 Å². The summed E-state index contributed by atoms with van der Waals surface area (Å²) in [4.78, 5) is 12.7. The maximum absolute atomic E-state index is 12.7. The van der Waals surface area contributed by atoms with Gasteiger partial charge in [-0.15, -0.1) is 0 Å². The van der Waals surface area contributed by atoms with Crippen molar-refractivity contribution < 1.29 is 13.6 Å². The largest absolute Gasteiger partial charge is 0.494 e. The summed E-state index contributed by atoms with van der Waals surface area (Å²) in [6.45, 7) is 8.36. The van der Waals surface area contributed by atoms with Gasteiger partial charge in [0.15, 0.2) is 0 Å². The molecule has 0 saturated carbocycles. The summed E-state index contributed by atoms with van der Waals surface area (Å²) in [5.41, 5.74) is 4.79. The summed E-state index contributed by atoms with van der Waals surface area (Å²) in [6.07, 6.45) is 0. The van der Waals surface area contributed by atoms with Crippen LogP contribution < -0.4 is 15.7 Å². The second-order valence-electron chi connectivity index (χ2n) is 7.09. The van der Waals surface area contributed by atoms with E-state index in [0.717, 1.165) is 22.6 Å². The number of hydrogen-bond donors (Lipinski definition) is 1. The van der Waals surface area contributed by atoms with E-state index in [1.807, 2.05) is 50.2 Å². The predicted octanol–water partition coefficient (Wildman–Crippen LogP) is 6.12. The van der Waals surface area contributed by atoms with Crippen LogP contribution in [0, 0.1) is 20.8 Å². The van der Waals surface area contributed by atoms with Crippen molar-refractivity contribution in [2.45, 2.75) is 27.7 Å². The lowest BCUT2D eigenvalue weighted by molar-refractivity contribution is 0.340. The Balaban J connectivity index is 1.90. The highest BCUT2D eigenvalue weighted by Crippen LogP contribution is 2.39. The zero-order valence-corrected chi connectivity index (χ0v) is 17.0. The number of furan rings is 1. The Morgan fingerprint density at radius 3 is 2.41 bits per heavy atom. The lowest BCUT2D eigenvalue weighted by Gasteiger charge is -2.10. The van der Waals surface area contributed by atoms with Crippen LogP contribution in [-0.2, 0) is 0 Å². The standard InChI is InChI=1S/C24H23NO4/c1-5-27-18-9-7-17(8-10-18)21-22-20(13-16(4)28-24(22)26)29-23(21)25-19-11-6-14(2)12-15(19)3/h6-13,25H,5H2,1-4H3. The van der Waals surface area contributed by atoms with E-state index in [-0.39, 0.29) is 0 Å². The highest BCUT2D eigenvalue weighted by molar-refractivity contribution is 6.00. The van der Waals surface area contributed by atoms with Crippen LogP contribution in [0.3, 0.4) is 0 Å². The van der Waals surface area contributed by atoms with Crippen LogP contribution in [0.1, 0.15) is 23.8 Å². The van der Waals surface area contributed by atoms with E-state index in [4.69, 9.17) is 13.6 Å². The van der Waals surface area contributed by atoms with Crippen LogP contribution in [0.4, 0.5) is 11.6 Å². The van der Waals surface area contributed by atoms with Gasteiger partial charge in [-0.1, -0.05) is 29.8 Å². The number of rotatable bonds is 5. The highest BCUT2D eigenvalue weighted by Gasteiger charge is 2.21. The number of anilines is 2. The average molecular weight is 389 g/mol. The molecule has 0 aliphatic carbocycles. The fourth-order valence-corrected chi connectivity index (χ4v) is 3.49. The molecule has 2 aromatic carbocycles. The van der Waals surface area contributed by atoms with Crippen LogP contribution in [0.25, 0.3) is 22.1 Å². The van der Waals surface area contributed by atoms with Crippen molar-refractivity contribution in [1.82, 2.24) is 0 Å². The molecule has 0 aliphatic rings. The van der Waals surface area contributed by atoms with Gasteiger partial charge in [0.25, 0.3) is 0 Å². The summed E-state index contributed by atoms with van der Waals surface area (Å²) < 4.78 is 17.0. The third-order valence-corrected chi connectivity index (χ3v) is 4.81. The maximum atomic E-state index is 12.7. The van der Waals surface area contributed by atoms with Crippen molar-refractivity contribution in [2.75, 3.05) is 11.9 Å². The summed E-state index contributed by atoms with van der Waals surface area (Å²) >= 11 is 0. The Bertz CT molecular complexity index is 1230. The second-order valence-corrected chi connectivity index (χ2v) is 7.09. The molecule has 2 aromatic heterocycles. The van der Waals surface area contributed by atoms with E-state index in [1.165, 1.54) is 5.56 Å². The predicted molar refractivity (Wildman–Crippen MR) is 115 cm³/mol. The zero-order valence-electron chi connectivity index (χ0n) is 17.0. The van der Waals surface area contributed by atoms with E-state index < -0.39 is 5.63 Å². The lowest BCUT2D eigenvalue weighted by Crippen LogP contribution is -2.00. The molecule has 4 aromatic rings. The zero-order chi connectivity index (χ0) is 20.5. The first-order chi connectivity index (χ1) is 14.0. The molecule has 148 valence electrons. The van der Waals surface area contributed by atoms with Gasteiger partial charge < -0.3 is 18.9 Å². The summed E-state index contributed by atoms with van der Waals surface area (Å²) in [6, 6.07) is 15.5. The molecule has 1 N–H and O–H groups in total. The minimum Gasteiger partial charge on any atom is -0.494 e. The van der Waals surface area contributed by atoms with Gasteiger partial charge in [0.05, 0.1) is 12.2 Å². The van der Waals surface area contributed by atoms with Crippen LogP contribution in [0.5, 0.6) is 5.75 Å². The summed E-state index contributed by atoms with van der Waals surface area (Å²) in [7, 11) is 0. The van der Waals surface area contributed by atoms with Gasteiger partial charge in [-0.2, -0.15) is 0 Å². The molecule has 0 saturated heterocycles. The lowest BCUT2D eigenvalue weighted by atomic mass is 10.0. The molecular weight excluding hydrogens is 366 g/mol. The molecule has 29 heavy (non-hydrogen) atoms. The molecule has 0 spiro atoms. The molecule has 0 unspecified atom stereocenters. The summed E-state index contributed by atoms with van der Waals surface area (Å²) in [5, 5.41) is 3.79. The summed E-state index contributed by atoms with van der Waals surface area (Å²) in [5.74, 6) is 1.79. The molecule has 5 heteroatoms. The highest BCUT2D eigenvalue weighted by atomic mass is 16.5. The van der Waals surface area contributed by atoms with Crippen LogP contribution in [0.15, 0.2) is 62.2 Å². The Labute approximate surface area is 168 Å². The Hall–Kier alpha value is -3.47. The third-order valence-electron chi connectivity index (χ3n) is 4.81. The van der Waals surface area contributed by atoms with E-state index in [2.05, 4.69) is 18.3 Å². The van der Waals surface area contributed by atoms with Gasteiger partial charge in [-0.3, -0.25) is 0 Å². The minimum atomic E-state index is -0.415. The minimum absolute atomic E-state index is 0.415. The van der Waals surface area contributed by atoms with Gasteiger partial charge in [0.2, 0.25) is 5.88 Å². The van der Waals surface area contributed by atoms with E-state index >= 15 is 0 Å². The molecule has 0 radical (unpaired) electrons. The van der Waals surface area contributed by atoms with Crippen LogP contribution in [-0.4, -0.2) is 6.61 Å². The normalized spacial score (nSPS) is 11.0. The smallest absolute Gasteiger partial charge is 0.347 e. The molecule has 4 rings (SSSR count). The Morgan fingerprint density at radius 2 is 1.72 bits per heavy atom. The van der Waals surface area contributed by atoms with Gasteiger partial charge in [0, 0.05) is 11.8 Å². The molecular formula is C24H23NO4. The topological polar surface area (TPSA) is 64.6 Å². The van der Waals surface area contributed by atoms with Gasteiger partial charge in [-0.05, 0) is 57.0 Å². The monoisotopic (exact) mass is 389 g/mol. The van der Waals surface area contributed by atoms with Gasteiger partial charge in [0.1, 0.15) is 22.5 Å². The molecule has 0 bridgehead atoms. The Kier molecular flexibility index (Phi) is 4.89. The van der Waals surface area contributed by atoms with E-state index in [9.17, 15) is 4.79 Å². The van der Waals surface area contributed by atoms with Gasteiger partial charge >= 0.3 is 5.63 Å². The Morgan fingerprint density at radius 1 is 0.966 bits per heavy atom. The first-order valence-corrected chi connectivity index (χ1v) is 9.61. The number of hydrogen-bond acceptors (Lipinski definition) is 5. The number of fused-ring (bicyclic) bond motifs is 1. The van der Waals surface area contributed by atoms with Gasteiger partial charge in [-0.25, -0.2) is 4.79 Å². The van der Waals surface area contributed by atoms with Crippen molar-refractivity contribution in [3.8, 4) is 16.9 Å². The van der Waals surface area contributed by atoms with Crippen molar-refractivity contribution in [1.29, 1.82) is 0 Å². The van der Waals surface area contributed by atoms with Crippen molar-refractivity contribution in [3.63, 3.8) is 0 Å². The molecule has 2 heterocycles. The van der Waals surface area contributed by atoms with Crippen LogP contribution >= 0.6 is 0 Å². The number of benzene rings is 2. The number of aryl methyl sites for hydroxylation is 3. The van der Waals surface area contributed by atoms with Crippen molar-refractivity contribution in [2.24, 2.45) is 0 Å². The fraction of sp³-hybridized carbons (Fsp3) is 0.208. The SMILES string of the molecule is CCOc1ccc(-c2c(Nc3ccc(C)cc3C)oc3cc(C)oc(=O)c23)cc1. The molecule has 0 aliphatic heterocycles. The second kappa shape index (κ2) is 7.51. The molecule has 0 amide bonds. The van der Waals surface area contributed by atoms with Crippen LogP contribution in [0.2, 0.25) is 0 Å². The average Bonchev–Trinajstić information content (AvgIpc) is 3.03. The first-order valence-electron chi connectivity index (χ1n) is 9.61.